The Labute approximate surface area is 113 Å². The van der Waals surface area contributed by atoms with Crippen LogP contribution in [0.15, 0.2) is 41.8 Å². The van der Waals surface area contributed by atoms with Gasteiger partial charge in [0.15, 0.2) is 5.78 Å². The number of benzene rings is 1. The van der Waals surface area contributed by atoms with E-state index in [9.17, 15) is 4.79 Å². The summed E-state index contributed by atoms with van der Waals surface area (Å²) in [6.45, 7) is 0. The van der Waals surface area contributed by atoms with Gasteiger partial charge in [-0.05, 0) is 52.6 Å². The lowest BCUT2D eigenvalue weighted by atomic mass is 10.1. The summed E-state index contributed by atoms with van der Waals surface area (Å²) in [5.41, 5.74) is 0.823. The van der Waals surface area contributed by atoms with Crippen LogP contribution in [0.25, 0.3) is 0 Å². The summed E-state index contributed by atoms with van der Waals surface area (Å²) in [4.78, 5) is 13.2. The third-order valence-electron chi connectivity index (χ3n) is 2.33. The van der Waals surface area contributed by atoms with E-state index in [4.69, 9.17) is 0 Å². The maximum Gasteiger partial charge on any atom is 0.163 e. The van der Waals surface area contributed by atoms with Gasteiger partial charge in [0.25, 0.3) is 0 Å². The molecule has 0 N–H and O–H groups in total. The molecule has 0 spiro atoms. The number of aryl methyl sites for hydroxylation is 1. The van der Waals surface area contributed by atoms with E-state index < -0.39 is 0 Å². The number of ketones is 1. The van der Waals surface area contributed by atoms with Crippen LogP contribution >= 0.6 is 33.9 Å². The van der Waals surface area contributed by atoms with Gasteiger partial charge in [-0.25, -0.2) is 0 Å². The first kappa shape index (κ1) is 11.8. The second kappa shape index (κ2) is 5.59. The molecule has 0 amide bonds. The van der Waals surface area contributed by atoms with Gasteiger partial charge in [-0.1, -0.05) is 18.2 Å². The van der Waals surface area contributed by atoms with E-state index in [1.807, 2.05) is 35.7 Å². The Hall–Kier alpha value is -0.680. The van der Waals surface area contributed by atoms with Crippen molar-refractivity contribution in [3.8, 4) is 0 Å². The van der Waals surface area contributed by atoms with Gasteiger partial charge in [0.1, 0.15) is 0 Å². The number of halogens is 1. The zero-order valence-electron chi connectivity index (χ0n) is 8.65. The van der Waals surface area contributed by atoms with Crippen molar-refractivity contribution in [2.24, 2.45) is 0 Å². The van der Waals surface area contributed by atoms with Gasteiger partial charge >= 0.3 is 0 Å². The molecule has 1 nitrogen and oxygen atoms in total. The maximum atomic E-state index is 11.9. The summed E-state index contributed by atoms with van der Waals surface area (Å²) >= 11 is 3.94. The summed E-state index contributed by atoms with van der Waals surface area (Å²) in [5.74, 6) is 0.229. The SMILES string of the molecule is O=C(CCc1cccs1)c1cccc(I)c1. The fourth-order valence-electron chi connectivity index (χ4n) is 1.50. The van der Waals surface area contributed by atoms with Crippen molar-refractivity contribution < 1.29 is 4.79 Å². The zero-order valence-corrected chi connectivity index (χ0v) is 11.6. The number of carbonyl (C=O) groups is 1. The molecule has 2 aromatic rings. The van der Waals surface area contributed by atoms with Crippen molar-refractivity contribution in [3.05, 3.63) is 55.8 Å². The normalized spacial score (nSPS) is 10.3. The molecule has 0 fully saturated rings. The minimum absolute atomic E-state index is 0.229. The number of rotatable bonds is 4. The van der Waals surface area contributed by atoms with E-state index in [2.05, 4.69) is 28.7 Å². The molecule has 0 aliphatic heterocycles. The van der Waals surface area contributed by atoms with Crippen LogP contribution in [0.4, 0.5) is 0 Å². The molecule has 0 aliphatic rings. The lowest BCUT2D eigenvalue weighted by molar-refractivity contribution is 0.0983. The van der Waals surface area contributed by atoms with Crippen molar-refractivity contribution in [1.29, 1.82) is 0 Å². The number of carbonyl (C=O) groups excluding carboxylic acids is 1. The molecule has 3 heteroatoms. The minimum Gasteiger partial charge on any atom is -0.294 e. The van der Waals surface area contributed by atoms with E-state index in [-0.39, 0.29) is 5.78 Å². The largest absolute Gasteiger partial charge is 0.294 e. The fourth-order valence-corrected chi connectivity index (χ4v) is 2.75. The summed E-state index contributed by atoms with van der Waals surface area (Å²) in [6, 6.07) is 11.9. The zero-order chi connectivity index (χ0) is 11.4. The third-order valence-corrected chi connectivity index (χ3v) is 3.93. The fraction of sp³-hybridized carbons (Fsp3) is 0.154. The van der Waals surface area contributed by atoms with Crippen molar-refractivity contribution in [1.82, 2.24) is 0 Å². The van der Waals surface area contributed by atoms with Crippen molar-refractivity contribution in [2.75, 3.05) is 0 Å². The third kappa shape index (κ3) is 3.15. The highest BCUT2D eigenvalue weighted by atomic mass is 127. The lowest BCUT2D eigenvalue weighted by Crippen LogP contribution is -2.00. The Morgan fingerprint density at radius 1 is 1.25 bits per heavy atom. The van der Waals surface area contributed by atoms with Gasteiger partial charge in [-0.2, -0.15) is 0 Å². The van der Waals surface area contributed by atoms with Crippen LogP contribution in [0.2, 0.25) is 0 Å². The highest BCUT2D eigenvalue weighted by molar-refractivity contribution is 14.1. The summed E-state index contributed by atoms with van der Waals surface area (Å²) in [7, 11) is 0. The quantitative estimate of drug-likeness (QED) is 0.602. The van der Waals surface area contributed by atoms with E-state index in [1.165, 1.54) is 4.88 Å². The standard InChI is InChI=1S/C13H11IOS/c14-11-4-1-3-10(9-11)13(15)7-6-12-5-2-8-16-12/h1-5,8-9H,6-7H2. The van der Waals surface area contributed by atoms with Gasteiger partial charge in [-0.3, -0.25) is 4.79 Å². The highest BCUT2D eigenvalue weighted by Crippen LogP contribution is 2.14. The Morgan fingerprint density at radius 3 is 2.81 bits per heavy atom. The first-order valence-electron chi connectivity index (χ1n) is 5.07. The monoisotopic (exact) mass is 342 g/mol. The highest BCUT2D eigenvalue weighted by Gasteiger charge is 2.06. The molecule has 0 bridgehead atoms. The molecule has 0 unspecified atom stereocenters. The molecule has 0 aliphatic carbocycles. The molecular weight excluding hydrogens is 331 g/mol. The second-order valence-corrected chi connectivity index (χ2v) is 5.79. The van der Waals surface area contributed by atoms with Gasteiger partial charge < -0.3 is 0 Å². The van der Waals surface area contributed by atoms with Crippen molar-refractivity contribution in [2.45, 2.75) is 12.8 Å². The summed E-state index contributed by atoms with van der Waals surface area (Å²) < 4.78 is 1.11. The first-order valence-corrected chi connectivity index (χ1v) is 7.03. The molecule has 1 aromatic heterocycles. The van der Waals surface area contributed by atoms with E-state index in [0.717, 1.165) is 15.6 Å². The Morgan fingerprint density at radius 2 is 2.12 bits per heavy atom. The molecule has 0 radical (unpaired) electrons. The number of hydrogen-bond donors (Lipinski definition) is 0. The Kier molecular flexibility index (Phi) is 4.12. The molecule has 0 saturated heterocycles. The first-order chi connectivity index (χ1) is 7.75. The van der Waals surface area contributed by atoms with E-state index >= 15 is 0 Å². The maximum absolute atomic E-state index is 11.9. The van der Waals surface area contributed by atoms with Crippen LogP contribution in [0.3, 0.4) is 0 Å². The van der Waals surface area contributed by atoms with E-state index in [1.54, 1.807) is 11.3 Å². The second-order valence-electron chi connectivity index (χ2n) is 3.51. The number of Topliss-reactive ketones (excluding diaryl/α,β-unsaturated/α-hetero) is 1. The average molecular weight is 342 g/mol. The molecule has 0 saturated carbocycles. The van der Waals surface area contributed by atoms with Crippen LogP contribution in [0.5, 0.6) is 0 Å². The number of hydrogen-bond acceptors (Lipinski definition) is 2. The van der Waals surface area contributed by atoms with Crippen LogP contribution < -0.4 is 0 Å². The average Bonchev–Trinajstić information content (AvgIpc) is 2.78. The molecule has 0 atom stereocenters. The predicted octanol–water partition coefficient (Wildman–Crippen LogP) is 4.17. The number of thiophene rings is 1. The molecule has 16 heavy (non-hydrogen) atoms. The van der Waals surface area contributed by atoms with E-state index in [0.29, 0.717) is 6.42 Å². The molecule has 2 rings (SSSR count). The molecule has 1 aromatic carbocycles. The van der Waals surface area contributed by atoms with Crippen LogP contribution in [0.1, 0.15) is 21.7 Å². The van der Waals surface area contributed by atoms with Gasteiger partial charge in [0.2, 0.25) is 0 Å². The van der Waals surface area contributed by atoms with Crippen LogP contribution in [-0.4, -0.2) is 5.78 Å². The van der Waals surface area contributed by atoms with Gasteiger partial charge in [0, 0.05) is 20.4 Å². The van der Waals surface area contributed by atoms with Crippen molar-refractivity contribution in [3.63, 3.8) is 0 Å². The molecular formula is C13H11IOS. The molecule has 1 heterocycles. The van der Waals surface area contributed by atoms with Gasteiger partial charge in [-0.15, -0.1) is 11.3 Å². The minimum atomic E-state index is 0.229. The Bertz CT molecular complexity index is 476. The summed E-state index contributed by atoms with van der Waals surface area (Å²) in [5, 5.41) is 2.05. The smallest absolute Gasteiger partial charge is 0.163 e. The Balaban J connectivity index is 1.98. The summed E-state index contributed by atoms with van der Waals surface area (Å²) in [6.07, 6.45) is 1.45. The van der Waals surface area contributed by atoms with Crippen LogP contribution in [0, 0.1) is 3.57 Å². The topological polar surface area (TPSA) is 17.1 Å². The lowest BCUT2D eigenvalue weighted by Gasteiger charge is -2.00. The van der Waals surface area contributed by atoms with Crippen LogP contribution in [-0.2, 0) is 6.42 Å². The van der Waals surface area contributed by atoms with Gasteiger partial charge in [0.05, 0.1) is 0 Å². The predicted molar refractivity (Wildman–Crippen MR) is 76.1 cm³/mol. The van der Waals surface area contributed by atoms with Crippen molar-refractivity contribution >= 4 is 39.7 Å². The molecule has 82 valence electrons.